The van der Waals surface area contributed by atoms with Crippen LogP contribution in [0.3, 0.4) is 0 Å². The zero-order chi connectivity index (χ0) is 22.8. The topological polar surface area (TPSA) is 79.0 Å². The molecule has 0 saturated carbocycles. The van der Waals surface area contributed by atoms with Gasteiger partial charge in [-0.2, -0.15) is 4.31 Å². The molecule has 0 aromatic heterocycles. The molecule has 1 spiro atoms. The highest BCUT2D eigenvalue weighted by atomic mass is 35.5. The minimum Gasteiger partial charge on any atom is -0.385 e. The number of carbonyl (C=O) groups is 1. The van der Waals surface area contributed by atoms with Crippen molar-refractivity contribution in [2.24, 2.45) is 5.92 Å². The first-order valence-corrected chi connectivity index (χ1v) is 12.9. The van der Waals surface area contributed by atoms with Crippen LogP contribution in [0.1, 0.15) is 39.5 Å². The van der Waals surface area contributed by atoms with E-state index in [1.165, 1.54) is 10.4 Å². The highest BCUT2D eigenvalue weighted by molar-refractivity contribution is 7.89. The molecule has 10 heteroatoms. The molecule has 31 heavy (non-hydrogen) atoms. The van der Waals surface area contributed by atoms with Gasteiger partial charge in [0.15, 0.2) is 0 Å². The van der Waals surface area contributed by atoms with Crippen LogP contribution in [0.2, 0.25) is 10.0 Å². The smallest absolute Gasteiger partial charge is 0.244 e. The Morgan fingerprint density at radius 2 is 1.97 bits per heavy atom. The van der Waals surface area contributed by atoms with E-state index in [0.717, 1.165) is 12.8 Å². The summed E-state index contributed by atoms with van der Waals surface area (Å²) in [4.78, 5) is 15.1. The van der Waals surface area contributed by atoms with Crippen molar-refractivity contribution in [2.75, 3.05) is 33.4 Å². The second-order valence-electron chi connectivity index (χ2n) is 8.33. The van der Waals surface area contributed by atoms with Crippen LogP contribution in [0.25, 0.3) is 0 Å². The number of ether oxygens (including phenoxy) is 1. The van der Waals surface area contributed by atoms with Crippen LogP contribution in [0.15, 0.2) is 23.1 Å². The monoisotopic (exact) mass is 491 g/mol. The highest BCUT2D eigenvalue weighted by Crippen LogP contribution is 2.38. The predicted octanol–water partition coefficient (Wildman–Crippen LogP) is 3.36. The fraction of sp³-hybridized carbons (Fsp3) is 0.667. The molecule has 174 valence electrons. The van der Waals surface area contributed by atoms with E-state index in [1.807, 2.05) is 4.90 Å². The summed E-state index contributed by atoms with van der Waals surface area (Å²) < 4.78 is 33.0. The zero-order valence-corrected chi connectivity index (χ0v) is 20.6. The van der Waals surface area contributed by atoms with Gasteiger partial charge in [-0.3, -0.25) is 10.1 Å². The number of piperidine rings is 1. The normalized spacial score (nSPS) is 22.9. The van der Waals surface area contributed by atoms with Gasteiger partial charge in [0.05, 0.1) is 21.7 Å². The molecule has 2 aliphatic rings. The van der Waals surface area contributed by atoms with Crippen LogP contribution < -0.4 is 5.32 Å². The van der Waals surface area contributed by atoms with Gasteiger partial charge in [-0.25, -0.2) is 8.42 Å². The Hall–Kier alpha value is -0.900. The Morgan fingerprint density at radius 1 is 1.29 bits per heavy atom. The molecule has 1 aromatic rings. The van der Waals surface area contributed by atoms with E-state index in [2.05, 4.69) is 19.2 Å². The average molecular weight is 492 g/mol. The molecule has 2 fully saturated rings. The Bertz CT molecular complexity index is 904. The minimum absolute atomic E-state index is 0.0162. The van der Waals surface area contributed by atoms with E-state index >= 15 is 0 Å². The molecule has 1 aromatic carbocycles. The lowest BCUT2D eigenvalue weighted by atomic mass is 9.96. The van der Waals surface area contributed by atoms with Gasteiger partial charge in [0.25, 0.3) is 0 Å². The summed E-state index contributed by atoms with van der Waals surface area (Å²) in [6.07, 6.45) is 2.64. The number of hydrogen-bond donors (Lipinski definition) is 1. The van der Waals surface area contributed by atoms with E-state index in [4.69, 9.17) is 27.9 Å². The molecular formula is C21H31Cl2N3O4S. The molecule has 3 rings (SSSR count). The molecule has 0 radical (unpaired) electrons. The lowest BCUT2D eigenvalue weighted by molar-refractivity contribution is -0.134. The molecule has 7 nitrogen and oxygen atoms in total. The van der Waals surface area contributed by atoms with Gasteiger partial charge in [-0.1, -0.05) is 49.5 Å². The van der Waals surface area contributed by atoms with Gasteiger partial charge >= 0.3 is 0 Å². The first-order valence-electron chi connectivity index (χ1n) is 10.7. The average Bonchev–Trinajstić information content (AvgIpc) is 3.01. The van der Waals surface area contributed by atoms with Crippen LogP contribution in [0, 0.1) is 5.92 Å². The SMILES string of the molecule is CC[C@@H](C)[C@H]1NC2(CCN(S(=O)(=O)c3cccc(Cl)c3Cl)CC2)N(CCCOC)C1=O. The number of nitrogens with zero attached hydrogens (tertiary/aromatic N) is 2. The number of carbonyl (C=O) groups excluding carboxylic acids is 1. The lowest BCUT2D eigenvalue weighted by Crippen LogP contribution is -2.59. The quantitative estimate of drug-likeness (QED) is 0.564. The van der Waals surface area contributed by atoms with Crippen molar-refractivity contribution in [3.05, 3.63) is 28.2 Å². The third-order valence-electron chi connectivity index (χ3n) is 6.50. The van der Waals surface area contributed by atoms with Gasteiger partial charge in [0, 0.05) is 33.4 Å². The fourth-order valence-corrected chi connectivity index (χ4v) is 6.63. The number of nitrogens with one attached hydrogen (secondary N) is 1. The highest BCUT2D eigenvalue weighted by Gasteiger charge is 2.53. The van der Waals surface area contributed by atoms with Crippen LogP contribution in [-0.4, -0.2) is 68.6 Å². The molecule has 0 bridgehead atoms. The van der Waals surface area contributed by atoms with Crippen LogP contribution in [0.4, 0.5) is 0 Å². The van der Waals surface area contributed by atoms with Crippen molar-refractivity contribution in [3.8, 4) is 0 Å². The van der Waals surface area contributed by atoms with E-state index in [0.29, 0.717) is 39.1 Å². The maximum absolute atomic E-state index is 13.2. The molecule has 2 saturated heterocycles. The Morgan fingerprint density at radius 3 is 2.58 bits per heavy atom. The van der Waals surface area contributed by atoms with Crippen molar-refractivity contribution in [1.82, 2.24) is 14.5 Å². The Kier molecular flexibility index (Phi) is 7.92. The maximum Gasteiger partial charge on any atom is 0.244 e. The zero-order valence-electron chi connectivity index (χ0n) is 18.2. The summed E-state index contributed by atoms with van der Waals surface area (Å²) in [6.45, 7) is 5.88. The number of benzene rings is 1. The number of hydrogen-bond acceptors (Lipinski definition) is 5. The largest absolute Gasteiger partial charge is 0.385 e. The van der Waals surface area contributed by atoms with Crippen molar-refractivity contribution in [3.63, 3.8) is 0 Å². The third-order valence-corrected chi connectivity index (χ3v) is 9.37. The first-order chi connectivity index (χ1) is 14.7. The molecule has 0 unspecified atom stereocenters. The second-order valence-corrected chi connectivity index (χ2v) is 11.0. The number of sulfonamides is 1. The number of rotatable bonds is 8. The molecule has 2 aliphatic heterocycles. The molecule has 2 atom stereocenters. The van der Waals surface area contributed by atoms with Crippen LogP contribution in [0.5, 0.6) is 0 Å². The third kappa shape index (κ3) is 4.75. The van der Waals surface area contributed by atoms with E-state index in [-0.39, 0.29) is 32.8 Å². The molecule has 0 aliphatic carbocycles. The predicted molar refractivity (Wildman–Crippen MR) is 122 cm³/mol. The van der Waals surface area contributed by atoms with Crippen LogP contribution >= 0.6 is 23.2 Å². The van der Waals surface area contributed by atoms with Gasteiger partial charge in [0.2, 0.25) is 15.9 Å². The van der Waals surface area contributed by atoms with Gasteiger partial charge in [-0.15, -0.1) is 0 Å². The summed E-state index contributed by atoms with van der Waals surface area (Å²) in [5.74, 6) is 0.295. The fourth-order valence-electron chi connectivity index (χ4n) is 4.45. The van der Waals surface area contributed by atoms with Gasteiger partial charge in [-0.05, 0) is 37.3 Å². The maximum atomic E-state index is 13.2. The van der Waals surface area contributed by atoms with Crippen molar-refractivity contribution in [2.45, 2.75) is 56.1 Å². The summed E-state index contributed by atoms with van der Waals surface area (Å²) in [6, 6.07) is 4.37. The number of amides is 1. The molecule has 1 amide bonds. The first kappa shape index (κ1) is 24.7. The van der Waals surface area contributed by atoms with Gasteiger partial charge < -0.3 is 9.64 Å². The van der Waals surface area contributed by atoms with E-state index in [1.54, 1.807) is 19.2 Å². The molecule has 2 heterocycles. The van der Waals surface area contributed by atoms with Crippen LogP contribution in [-0.2, 0) is 19.6 Å². The van der Waals surface area contributed by atoms with E-state index in [9.17, 15) is 13.2 Å². The summed E-state index contributed by atoms with van der Waals surface area (Å²) >= 11 is 12.2. The molecule has 1 N–H and O–H groups in total. The number of halogens is 2. The van der Waals surface area contributed by atoms with Crippen molar-refractivity contribution < 1.29 is 17.9 Å². The molecular weight excluding hydrogens is 461 g/mol. The lowest BCUT2D eigenvalue weighted by Gasteiger charge is -2.44. The van der Waals surface area contributed by atoms with Gasteiger partial charge in [0.1, 0.15) is 4.90 Å². The summed E-state index contributed by atoms with van der Waals surface area (Å²) in [7, 11) is -2.14. The minimum atomic E-state index is -3.78. The van der Waals surface area contributed by atoms with Crippen molar-refractivity contribution in [1.29, 1.82) is 0 Å². The summed E-state index contributed by atoms with van der Waals surface area (Å²) in [5, 5.41) is 3.83. The summed E-state index contributed by atoms with van der Waals surface area (Å²) in [5.41, 5.74) is -0.539. The van der Waals surface area contributed by atoms with Crippen molar-refractivity contribution >= 4 is 39.1 Å². The standard InChI is InChI=1S/C21H31Cl2N3O4S/c1-4-15(2)19-20(27)26(11-6-14-30-3)21(24-19)9-12-25(13-10-21)31(28,29)17-8-5-7-16(22)18(17)23/h5,7-8,15,19,24H,4,6,9-14H2,1-3H3/t15-,19-/m1/s1. The Labute approximate surface area is 195 Å². The second kappa shape index (κ2) is 9.93. The number of methoxy groups -OCH3 is 1. The Balaban J connectivity index is 1.81. The van der Waals surface area contributed by atoms with E-state index < -0.39 is 15.7 Å².